The number of thiocarbonyl (C=S) groups is 2. The third-order valence-corrected chi connectivity index (χ3v) is 5.64. The number of hydrogen-bond donors (Lipinski definition) is 0. The predicted molar refractivity (Wildman–Crippen MR) is 129 cm³/mol. The Morgan fingerprint density at radius 3 is 1.52 bits per heavy atom. The molecule has 0 heterocycles. The van der Waals surface area contributed by atoms with Gasteiger partial charge in [0.25, 0.3) is 0 Å². The van der Waals surface area contributed by atoms with E-state index in [2.05, 4.69) is 0 Å². The lowest BCUT2D eigenvalue weighted by Crippen LogP contribution is -2.35. The highest BCUT2D eigenvalue weighted by atomic mass is 32.1. The average Bonchev–Trinajstić information content (AvgIpc) is 2.77. The van der Waals surface area contributed by atoms with E-state index in [4.69, 9.17) is 33.9 Å². The second-order valence-corrected chi connectivity index (χ2v) is 7.81. The summed E-state index contributed by atoms with van der Waals surface area (Å²) in [7, 11) is 6.62. The number of rotatable bonds is 10. The molecule has 8 heteroatoms. The number of likely N-dealkylation sites (N-methyl/N-ethyl adjacent to an activating group) is 2. The van der Waals surface area contributed by atoms with E-state index < -0.39 is 0 Å². The molecule has 0 bridgehead atoms. The summed E-state index contributed by atoms with van der Waals surface area (Å²) < 4.78 is 10.4. The number of methoxy groups -OCH3 is 2. The van der Waals surface area contributed by atoms with Gasteiger partial charge in [0.05, 0.1) is 33.7 Å². The number of carbonyl (C=O) groups is 2. The standard InChI is InChI=1S/C23H26N2O4S2/c1-24(22(30)16-7-5-9-20(11-16)28-3)14-18(26)13-19(27)15-25(2)23(31)17-8-6-10-21(12-17)29-4/h5-12H,13-15H2,1-4H3. The second-order valence-electron chi connectivity index (χ2n) is 7.04. The van der Waals surface area contributed by atoms with Crippen LogP contribution in [0.4, 0.5) is 0 Å². The Morgan fingerprint density at radius 2 is 1.16 bits per heavy atom. The molecule has 0 radical (unpaired) electrons. The van der Waals surface area contributed by atoms with E-state index >= 15 is 0 Å². The Kier molecular flexibility index (Phi) is 9.08. The van der Waals surface area contributed by atoms with Gasteiger partial charge in [-0.05, 0) is 24.3 Å². The van der Waals surface area contributed by atoms with Gasteiger partial charge in [0.15, 0.2) is 11.6 Å². The van der Waals surface area contributed by atoms with Gasteiger partial charge in [-0.3, -0.25) is 9.59 Å². The fourth-order valence-electron chi connectivity index (χ4n) is 2.96. The lowest BCUT2D eigenvalue weighted by Gasteiger charge is -2.21. The molecule has 2 rings (SSSR count). The number of ketones is 2. The smallest absolute Gasteiger partial charge is 0.159 e. The lowest BCUT2D eigenvalue weighted by atomic mass is 10.1. The van der Waals surface area contributed by atoms with Crippen molar-refractivity contribution in [3.05, 3.63) is 59.7 Å². The number of Topliss-reactive ketones (excluding diaryl/α,β-unsaturated/α-hetero) is 2. The van der Waals surface area contributed by atoms with E-state index in [0.29, 0.717) is 21.5 Å². The molecule has 0 aliphatic heterocycles. The fourth-order valence-corrected chi connectivity index (χ4v) is 3.34. The van der Waals surface area contributed by atoms with Gasteiger partial charge in [0, 0.05) is 25.2 Å². The topological polar surface area (TPSA) is 59.1 Å². The summed E-state index contributed by atoms with van der Waals surface area (Å²) in [6.45, 7) is 0.0949. The van der Waals surface area contributed by atoms with Gasteiger partial charge in [-0.25, -0.2) is 0 Å². The van der Waals surface area contributed by atoms with Crippen LogP contribution in [0.1, 0.15) is 17.5 Å². The fraction of sp³-hybridized carbons (Fsp3) is 0.304. The normalized spacial score (nSPS) is 10.2. The first-order chi connectivity index (χ1) is 14.7. The third kappa shape index (κ3) is 7.11. The van der Waals surface area contributed by atoms with Crippen molar-refractivity contribution < 1.29 is 19.1 Å². The van der Waals surface area contributed by atoms with Crippen LogP contribution in [0, 0.1) is 0 Å². The van der Waals surface area contributed by atoms with Gasteiger partial charge >= 0.3 is 0 Å². The quantitative estimate of drug-likeness (QED) is 0.398. The molecule has 0 spiro atoms. The molecule has 0 aliphatic rings. The minimum Gasteiger partial charge on any atom is -0.497 e. The van der Waals surface area contributed by atoms with E-state index in [1.54, 1.807) is 38.1 Å². The van der Waals surface area contributed by atoms with Crippen molar-refractivity contribution in [2.24, 2.45) is 0 Å². The van der Waals surface area contributed by atoms with E-state index in [1.807, 2.05) is 48.5 Å². The summed E-state index contributed by atoms with van der Waals surface area (Å²) in [6, 6.07) is 14.6. The first-order valence-corrected chi connectivity index (χ1v) is 10.4. The molecule has 2 aromatic carbocycles. The Labute approximate surface area is 193 Å². The van der Waals surface area contributed by atoms with Gasteiger partial charge < -0.3 is 19.3 Å². The molecule has 0 saturated heterocycles. The Bertz CT molecular complexity index is 900. The summed E-state index contributed by atoms with van der Waals surface area (Å²) in [4.78, 5) is 29.2. The van der Waals surface area contributed by atoms with Crippen molar-refractivity contribution in [3.8, 4) is 11.5 Å². The Morgan fingerprint density at radius 1 is 0.774 bits per heavy atom. The molecule has 0 N–H and O–H groups in total. The second kappa shape index (κ2) is 11.5. The van der Waals surface area contributed by atoms with Crippen molar-refractivity contribution in [2.45, 2.75) is 6.42 Å². The summed E-state index contributed by atoms with van der Waals surface area (Å²) in [5.41, 5.74) is 1.55. The number of carbonyl (C=O) groups excluding carboxylic acids is 2. The largest absolute Gasteiger partial charge is 0.497 e. The van der Waals surface area contributed by atoms with Crippen molar-refractivity contribution in [3.63, 3.8) is 0 Å². The first-order valence-electron chi connectivity index (χ1n) is 9.57. The zero-order valence-corrected chi connectivity index (χ0v) is 19.7. The van der Waals surface area contributed by atoms with E-state index in [-0.39, 0.29) is 31.1 Å². The van der Waals surface area contributed by atoms with Crippen LogP contribution in [-0.2, 0) is 9.59 Å². The van der Waals surface area contributed by atoms with Crippen LogP contribution in [0.25, 0.3) is 0 Å². The highest BCUT2D eigenvalue weighted by Crippen LogP contribution is 2.16. The van der Waals surface area contributed by atoms with Gasteiger partial charge in [-0.1, -0.05) is 48.7 Å². The van der Waals surface area contributed by atoms with Gasteiger partial charge in [-0.2, -0.15) is 0 Å². The van der Waals surface area contributed by atoms with Crippen LogP contribution in [-0.4, -0.2) is 72.7 Å². The monoisotopic (exact) mass is 458 g/mol. The first kappa shape index (κ1) is 24.4. The molecule has 0 unspecified atom stereocenters. The van der Waals surface area contributed by atoms with Crippen LogP contribution in [0.2, 0.25) is 0 Å². The molecule has 0 aromatic heterocycles. The number of ether oxygens (including phenoxy) is 2. The van der Waals surface area contributed by atoms with E-state index in [0.717, 1.165) is 11.1 Å². The molecule has 2 aromatic rings. The molecular weight excluding hydrogens is 432 g/mol. The SMILES string of the molecule is COc1cccc(C(=S)N(C)CC(=O)CC(=O)CN(C)C(=S)c2cccc(OC)c2)c1. The maximum Gasteiger partial charge on any atom is 0.159 e. The number of nitrogens with zero attached hydrogens (tertiary/aromatic N) is 2. The molecule has 0 aliphatic carbocycles. The molecule has 0 atom stereocenters. The van der Waals surface area contributed by atoms with Crippen LogP contribution >= 0.6 is 24.4 Å². The molecular formula is C23H26N2O4S2. The molecule has 0 saturated carbocycles. The maximum atomic E-state index is 12.4. The average molecular weight is 459 g/mol. The van der Waals surface area contributed by atoms with E-state index in [1.165, 1.54) is 0 Å². The minimum atomic E-state index is -0.210. The zero-order chi connectivity index (χ0) is 23.0. The Hall–Kier alpha value is -2.84. The molecule has 0 amide bonds. The highest BCUT2D eigenvalue weighted by molar-refractivity contribution is 7.80. The Balaban J connectivity index is 1.88. The molecule has 31 heavy (non-hydrogen) atoms. The van der Waals surface area contributed by atoms with Crippen molar-refractivity contribution in [2.75, 3.05) is 41.4 Å². The summed E-state index contributed by atoms with van der Waals surface area (Å²) in [5, 5.41) is 0. The molecule has 164 valence electrons. The molecule has 0 fully saturated rings. The van der Waals surface area contributed by atoms with Gasteiger partial charge in [0.2, 0.25) is 0 Å². The minimum absolute atomic E-state index is 0.0474. The number of benzene rings is 2. The van der Waals surface area contributed by atoms with Crippen LogP contribution in [0.15, 0.2) is 48.5 Å². The van der Waals surface area contributed by atoms with Crippen molar-refractivity contribution in [1.82, 2.24) is 9.80 Å². The van der Waals surface area contributed by atoms with Gasteiger partial charge in [-0.15, -0.1) is 0 Å². The van der Waals surface area contributed by atoms with E-state index in [9.17, 15) is 9.59 Å². The van der Waals surface area contributed by atoms with Crippen LogP contribution in [0.5, 0.6) is 11.5 Å². The highest BCUT2D eigenvalue weighted by Gasteiger charge is 2.18. The third-order valence-electron chi connectivity index (χ3n) is 4.55. The maximum absolute atomic E-state index is 12.4. The van der Waals surface area contributed by atoms with Crippen LogP contribution in [0.3, 0.4) is 0 Å². The van der Waals surface area contributed by atoms with Gasteiger partial charge in [0.1, 0.15) is 21.5 Å². The van der Waals surface area contributed by atoms with Crippen molar-refractivity contribution >= 4 is 46.0 Å². The zero-order valence-electron chi connectivity index (χ0n) is 18.1. The van der Waals surface area contributed by atoms with Crippen molar-refractivity contribution in [1.29, 1.82) is 0 Å². The summed E-state index contributed by atoms with van der Waals surface area (Å²) in [5.74, 6) is 0.950. The van der Waals surface area contributed by atoms with Crippen LogP contribution < -0.4 is 9.47 Å². The molecule has 6 nitrogen and oxygen atoms in total. The summed E-state index contributed by atoms with van der Waals surface area (Å²) >= 11 is 10.9. The lowest BCUT2D eigenvalue weighted by molar-refractivity contribution is -0.127. The predicted octanol–water partition coefficient (Wildman–Crippen LogP) is 3.15. The number of hydrogen-bond acceptors (Lipinski definition) is 6. The summed E-state index contributed by atoms with van der Waals surface area (Å²) in [6.07, 6.45) is -0.184.